The van der Waals surface area contributed by atoms with Crippen molar-refractivity contribution in [2.45, 2.75) is 130 Å². The van der Waals surface area contributed by atoms with Crippen LogP contribution in [-0.4, -0.2) is 145 Å². The second-order valence-electron chi connectivity index (χ2n) is 23.4. The van der Waals surface area contributed by atoms with E-state index >= 15 is 0 Å². The fraction of sp³-hybridized carbons (Fsp3) is 0.571. The third-order valence-electron chi connectivity index (χ3n) is 14.7. The van der Waals surface area contributed by atoms with Crippen LogP contribution in [0.15, 0.2) is 48.8 Å². The number of aromatic nitrogens is 4. The predicted octanol–water partition coefficient (Wildman–Crippen LogP) is 7.55. The lowest BCUT2D eigenvalue weighted by Crippen LogP contribution is -2.47. The standard InChI is InChI=1S/C28H37ClN6O4.C18H19ClN4O3.C10H20N2O2/c1-28(2,3)39-27(38)34-8-6-21(7-9-34)32-25(37)22-13-31-26(35-14-19-11-20(19)15-35)33-24(22)30-12-17-4-5-18(16-36)23(29)10-17;19-15-3-10(1-2-11(15)9-24)5-20-16-14(17(25)26)6-21-18(22-16)23-7-12-4-13(12)8-23;1-10(2,3)14-9(13)12-6-4-8(11)5-7-12/h4-5,10,13,19-21,36H,6-9,11-12,14-16H2,1-3H3,(H,32,37)(H,30,31,33);1-3,6,12-13,24H,4-5,7-9H2,(H,25,26)(H,20,21,22);8H,4-7,11H2,1-3H3. The average molecular weight is 1130 g/mol. The number of nitrogens with two attached hydrogens (primary N) is 1. The molecule has 10 rings (SSSR count). The fourth-order valence-corrected chi connectivity index (χ4v) is 10.5. The number of aliphatic hydroxyl groups excluding tert-OH is 2. The maximum atomic E-state index is 13.4. The number of nitrogens with zero attached hydrogens (tertiary/aromatic N) is 8. The predicted molar refractivity (Wildman–Crippen MR) is 301 cm³/mol. The van der Waals surface area contributed by atoms with Gasteiger partial charge >= 0.3 is 18.2 Å². The minimum Gasteiger partial charge on any atom is -0.477 e. The van der Waals surface area contributed by atoms with E-state index in [-0.39, 0.29) is 49.0 Å². The van der Waals surface area contributed by atoms with Gasteiger partial charge in [0.2, 0.25) is 11.9 Å². The number of anilines is 4. The summed E-state index contributed by atoms with van der Waals surface area (Å²) in [5, 5.41) is 38.5. The first-order valence-corrected chi connectivity index (χ1v) is 28.0. The Morgan fingerprint density at radius 3 is 1.44 bits per heavy atom. The summed E-state index contributed by atoms with van der Waals surface area (Å²) in [7, 11) is 0. The molecule has 3 amide bonds. The summed E-state index contributed by atoms with van der Waals surface area (Å²) in [6.45, 7) is 17.9. The molecule has 4 aromatic rings. The molecule has 4 atom stereocenters. The highest BCUT2D eigenvalue weighted by molar-refractivity contribution is 6.31. The first-order valence-electron chi connectivity index (χ1n) is 27.3. The molecule has 2 aromatic carbocycles. The van der Waals surface area contributed by atoms with Gasteiger partial charge < -0.3 is 66.1 Å². The Balaban J connectivity index is 0.000000176. The number of nitrogens with one attached hydrogen (secondary N) is 3. The van der Waals surface area contributed by atoms with E-state index in [1.807, 2.05) is 53.7 Å². The zero-order valence-corrected chi connectivity index (χ0v) is 47.5. The Morgan fingerprint density at radius 2 is 1.05 bits per heavy atom. The number of rotatable bonds is 13. The number of carboxylic acid groups (broad SMARTS) is 1. The molecular weight excluding hydrogens is 1060 g/mol. The summed E-state index contributed by atoms with van der Waals surface area (Å²) in [4.78, 5) is 74.5. The number of carboxylic acids is 1. The molecular formula is C56H76Cl2N12O9. The number of ether oxygens (including phenoxy) is 2. The first kappa shape index (κ1) is 58.9. The number of piperidine rings is 4. The number of fused-ring (bicyclic) bond motifs is 2. The van der Waals surface area contributed by atoms with Gasteiger partial charge in [-0.3, -0.25) is 4.79 Å². The third kappa shape index (κ3) is 16.4. The molecule has 0 radical (unpaired) electrons. The maximum Gasteiger partial charge on any atom is 0.410 e. The molecule has 2 saturated carbocycles. The number of aromatic carboxylic acids is 1. The van der Waals surface area contributed by atoms with Crippen molar-refractivity contribution in [3.05, 3.63) is 92.2 Å². The largest absolute Gasteiger partial charge is 0.477 e. The van der Waals surface area contributed by atoms with Gasteiger partial charge in [0.1, 0.15) is 34.0 Å². The molecule has 8 N–H and O–H groups in total. The molecule has 79 heavy (non-hydrogen) atoms. The Morgan fingerprint density at radius 1 is 0.646 bits per heavy atom. The minimum atomic E-state index is -1.07. The van der Waals surface area contributed by atoms with Gasteiger partial charge in [-0.2, -0.15) is 9.97 Å². The van der Waals surface area contributed by atoms with E-state index in [0.29, 0.717) is 89.3 Å². The van der Waals surface area contributed by atoms with Gasteiger partial charge in [-0.1, -0.05) is 47.5 Å². The number of benzene rings is 2. The van der Waals surface area contributed by atoms with Crippen molar-refractivity contribution in [2.75, 3.05) is 72.8 Å². The number of carbonyl (C=O) groups is 4. The molecule has 21 nitrogen and oxygen atoms in total. The fourth-order valence-electron chi connectivity index (χ4n) is 10.00. The van der Waals surface area contributed by atoms with Crippen LogP contribution in [0.4, 0.5) is 33.1 Å². The van der Waals surface area contributed by atoms with Gasteiger partial charge in [0.25, 0.3) is 5.91 Å². The zero-order chi connectivity index (χ0) is 56.8. The van der Waals surface area contributed by atoms with E-state index in [0.717, 1.165) is 86.9 Å². The van der Waals surface area contributed by atoms with Crippen LogP contribution in [-0.2, 0) is 35.8 Å². The van der Waals surface area contributed by atoms with Crippen LogP contribution in [0.2, 0.25) is 10.0 Å². The lowest BCUT2D eigenvalue weighted by atomic mass is 10.0. The highest BCUT2D eigenvalue weighted by Gasteiger charge is 2.47. The molecule has 4 aliphatic heterocycles. The summed E-state index contributed by atoms with van der Waals surface area (Å²) in [6, 6.07) is 11.0. The number of amides is 3. The average Bonchev–Trinajstić information content (AvgIpc) is 4.44. The van der Waals surface area contributed by atoms with Gasteiger partial charge in [-0.25, -0.2) is 24.4 Å². The van der Waals surface area contributed by atoms with Crippen molar-refractivity contribution in [3.8, 4) is 0 Å². The van der Waals surface area contributed by atoms with Gasteiger partial charge in [-0.15, -0.1) is 0 Å². The van der Waals surface area contributed by atoms with Crippen LogP contribution < -0.4 is 31.5 Å². The van der Waals surface area contributed by atoms with Crippen LogP contribution in [0.25, 0.3) is 0 Å². The molecule has 4 saturated heterocycles. The number of hydrogen-bond acceptors (Lipinski definition) is 17. The summed E-state index contributed by atoms with van der Waals surface area (Å²) in [6.07, 6.45) is 7.99. The number of aliphatic hydroxyl groups is 2. The topological polar surface area (TPSA) is 274 Å². The molecule has 2 aromatic heterocycles. The molecule has 0 spiro atoms. The lowest BCUT2D eigenvalue weighted by Gasteiger charge is -2.33. The van der Waals surface area contributed by atoms with Crippen molar-refractivity contribution in [2.24, 2.45) is 29.4 Å². The normalized spacial score (nSPS) is 20.6. The van der Waals surface area contributed by atoms with Crippen molar-refractivity contribution in [1.29, 1.82) is 0 Å². The summed E-state index contributed by atoms with van der Waals surface area (Å²) in [5.74, 6) is 3.56. The van der Waals surface area contributed by atoms with E-state index in [4.69, 9.17) is 43.4 Å². The molecule has 6 aliphatic rings. The van der Waals surface area contributed by atoms with Gasteiger partial charge in [-0.05, 0) is 138 Å². The van der Waals surface area contributed by atoms with E-state index < -0.39 is 17.2 Å². The highest BCUT2D eigenvalue weighted by atomic mass is 35.5. The van der Waals surface area contributed by atoms with Gasteiger partial charge in [0.05, 0.1) is 13.2 Å². The Labute approximate surface area is 471 Å². The van der Waals surface area contributed by atoms with Crippen molar-refractivity contribution < 1.29 is 44.0 Å². The SMILES string of the molecule is CC(C)(C)OC(=O)N1CCC(N)CC1.CC(C)(C)OC(=O)N1CCC(NC(=O)c2cnc(N3CC4CC4C3)nc2NCc2ccc(CO)c(Cl)c2)CC1.O=C(O)c1cnc(N2CC3CC3C2)nc1NCc1ccc(CO)c(Cl)c1. The summed E-state index contributed by atoms with van der Waals surface area (Å²) in [5.41, 5.74) is 8.29. The third-order valence-corrected chi connectivity index (χ3v) is 15.4. The zero-order valence-electron chi connectivity index (χ0n) is 46.0. The smallest absolute Gasteiger partial charge is 0.410 e. The van der Waals surface area contributed by atoms with Crippen LogP contribution in [0.1, 0.15) is 123 Å². The van der Waals surface area contributed by atoms with Gasteiger partial charge in [0.15, 0.2) is 0 Å². The first-order chi connectivity index (χ1) is 37.5. The number of likely N-dealkylation sites (tertiary alicyclic amines) is 2. The van der Waals surface area contributed by atoms with Crippen LogP contribution in [0, 0.1) is 23.7 Å². The van der Waals surface area contributed by atoms with E-state index in [2.05, 4.69) is 40.7 Å². The van der Waals surface area contributed by atoms with E-state index in [1.54, 1.807) is 40.3 Å². The Hall–Kier alpha value is -6.26. The lowest BCUT2D eigenvalue weighted by molar-refractivity contribution is 0.0191. The van der Waals surface area contributed by atoms with Crippen LogP contribution in [0.5, 0.6) is 0 Å². The van der Waals surface area contributed by atoms with Gasteiger partial charge in [0, 0.05) is 100.0 Å². The van der Waals surface area contributed by atoms with Crippen molar-refractivity contribution in [1.82, 2.24) is 35.1 Å². The number of hydrogen-bond donors (Lipinski definition) is 7. The molecule has 428 valence electrons. The molecule has 6 fully saturated rings. The molecule has 6 heterocycles. The number of carbonyl (C=O) groups excluding carboxylic acids is 3. The Kier molecular flexibility index (Phi) is 19.0. The molecule has 2 aliphatic carbocycles. The molecule has 4 unspecified atom stereocenters. The second kappa shape index (κ2) is 25.5. The minimum absolute atomic E-state index is 0.0381. The van der Waals surface area contributed by atoms with Crippen LogP contribution >= 0.6 is 23.2 Å². The van der Waals surface area contributed by atoms with Crippen LogP contribution in [0.3, 0.4) is 0 Å². The monoisotopic (exact) mass is 1130 g/mol. The maximum absolute atomic E-state index is 13.4. The van der Waals surface area contributed by atoms with Crippen molar-refractivity contribution in [3.63, 3.8) is 0 Å². The Bertz CT molecular complexity index is 2800. The number of halogens is 2. The molecule has 23 heteroatoms. The van der Waals surface area contributed by atoms with E-state index in [1.165, 1.54) is 19.0 Å². The second-order valence-corrected chi connectivity index (χ2v) is 24.2. The quantitative estimate of drug-likeness (QED) is 0.0680. The highest BCUT2D eigenvalue weighted by Crippen LogP contribution is 2.46. The van der Waals surface area contributed by atoms with Crippen molar-refractivity contribution >= 4 is 70.8 Å². The summed E-state index contributed by atoms with van der Waals surface area (Å²) < 4.78 is 10.7. The van der Waals surface area contributed by atoms with E-state index in [9.17, 15) is 34.5 Å². The summed E-state index contributed by atoms with van der Waals surface area (Å²) >= 11 is 12.4. The molecule has 0 bridgehead atoms.